The molecule has 0 saturated heterocycles. The van der Waals surface area contributed by atoms with Crippen LogP contribution in [0.15, 0.2) is 24.3 Å². The van der Waals surface area contributed by atoms with Gasteiger partial charge in [0.2, 0.25) is 5.91 Å². The average molecular weight is 311 g/mol. The van der Waals surface area contributed by atoms with Gasteiger partial charge in [0, 0.05) is 17.6 Å². The maximum Gasteiger partial charge on any atom is 0.320 e. The van der Waals surface area contributed by atoms with Gasteiger partial charge in [0.05, 0.1) is 6.54 Å². The number of nitrogens with one attached hydrogen (secondary N) is 1. The van der Waals surface area contributed by atoms with E-state index in [1.807, 2.05) is 12.1 Å². The first-order valence-corrected chi connectivity index (χ1v) is 7.35. The molecule has 0 heterocycles. The van der Waals surface area contributed by atoms with Gasteiger partial charge in [-0.15, -0.1) is 0 Å². The minimum Gasteiger partial charge on any atom is -0.480 e. The van der Waals surface area contributed by atoms with Gasteiger partial charge < -0.3 is 10.4 Å². The van der Waals surface area contributed by atoms with Crippen molar-refractivity contribution in [2.45, 2.75) is 38.4 Å². The summed E-state index contributed by atoms with van der Waals surface area (Å²) in [5.74, 6) is -1.06. The van der Waals surface area contributed by atoms with Crippen LogP contribution in [0.1, 0.15) is 25.3 Å². The molecule has 1 aromatic rings. The third kappa shape index (κ3) is 4.72. The molecule has 2 rings (SSSR count). The number of carboxylic acids is 1. The van der Waals surface area contributed by atoms with E-state index in [1.165, 1.54) is 0 Å². The first-order chi connectivity index (χ1) is 9.97. The van der Waals surface area contributed by atoms with Crippen LogP contribution in [-0.2, 0) is 16.1 Å². The lowest BCUT2D eigenvalue weighted by Crippen LogP contribution is -2.46. The number of nitrogens with zero attached hydrogens (tertiary/aromatic N) is 1. The number of carboxylic acid groups (broad SMARTS) is 1. The summed E-state index contributed by atoms with van der Waals surface area (Å²) in [6.45, 7) is 2.15. The number of amides is 1. The van der Waals surface area contributed by atoms with Gasteiger partial charge in [-0.1, -0.05) is 23.7 Å². The Hall–Kier alpha value is -1.59. The van der Waals surface area contributed by atoms with Gasteiger partial charge in [-0.25, -0.2) is 0 Å². The lowest BCUT2D eigenvalue weighted by Gasteiger charge is -2.25. The summed E-state index contributed by atoms with van der Waals surface area (Å²) < 4.78 is 0. The number of hydrogen-bond donors (Lipinski definition) is 2. The SMILES string of the molecule is CC(C(=O)O)N(CC(=O)NCc1ccc(Cl)cc1)C1CC1. The minimum absolute atomic E-state index is 0.117. The van der Waals surface area contributed by atoms with Crippen molar-refractivity contribution in [1.82, 2.24) is 10.2 Å². The molecule has 1 atom stereocenters. The number of hydrogen-bond acceptors (Lipinski definition) is 3. The third-order valence-corrected chi connectivity index (χ3v) is 3.85. The Kier molecular flexibility index (Phi) is 5.20. The van der Waals surface area contributed by atoms with E-state index in [0.717, 1.165) is 18.4 Å². The maximum absolute atomic E-state index is 12.0. The molecule has 1 aliphatic carbocycles. The summed E-state index contributed by atoms with van der Waals surface area (Å²) >= 11 is 5.80. The first kappa shape index (κ1) is 15.8. The van der Waals surface area contributed by atoms with Crippen molar-refractivity contribution < 1.29 is 14.7 Å². The molecule has 0 aliphatic heterocycles. The second-order valence-electron chi connectivity index (χ2n) is 5.32. The molecule has 0 spiro atoms. The molecule has 114 valence electrons. The topological polar surface area (TPSA) is 69.6 Å². The van der Waals surface area contributed by atoms with Gasteiger partial charge >= 0.3 is 5.97 Å². The summed E-state index contributed by atoms with van der Waals surface area (Å²) in [5, 5.41) is 12.6. The Bertz CT molecular complexity index is 514. The van der Waals surface area contributed by atoms with Gasteiger partial charge in [0.25, 0.3) is 0 Å². The molecule has 1 aromatic carbocycles. The Morgan fingerprint density at radius 2 is 2.00 bits per heavy atom. The first-order valence-electron chi connectivity index (χ1n) is 6.97. The van der Waals surface area contributed by atoms with Crippen LogP contribution in [0, 0.1) is 0 Å². The molecule has 1 aliphatic rings. The fraction of sp³-hybridized carbons (Fsp3) is 0.467. The van der Waals surface area contributed by atoms with Crippen molar-refractivity contribution in [1.29, 1.82) is 0 Å². The monoisotopic (exact) mass is 310 g/mol. The van der Waals surface area contributed by atoms with E-state index in [9.17, 15) is 9.59 Å². The number of benzene rings is 1. The van der Waals surface area contributed by atoms with Crippen molar-refractivity contribution in [3.8, 4) is 0 Å². The Balaban J connectivity index is 1.84. The molecule has 21 heavy (non-hydrogen) atoms. The van der Waals surface area contributed by atoms with Crippen LogP contribution in [0.3, 0.4) is 0 Å². The Labute approximate surface area is 128 Å². The highest BCUT2D eigenvalue weighted by Gasteiger charge is 2.35. The van der Waals surface area contributed by atoms with Gasteiger partial charge in [0.15, 0.2) is 0 Å². The van der Waals surface area contributed by atoms with Crippen LogP contribution in [-0.4, -0.2) is 40.5 Å². The lowest BCUT2D eigenvalue weighted by molar-refractivity contribution is -0.143. The summed E-state index contributed by atoms with van der Waals surface area (Å²) in [4.78, 5) is 24.8. The summed E-state index contributed by atoms with van der Waals surface area (Å²) in [5.41, 5.74) is 0.956. The van der Waals surface area contributed by atoms with E-state index in [2.05, 4.69) is 5.32 Å². The highest BCUT2D eigenvalue weighted by Crippen LogP contribution is 2.28. The third-order valence-electron chi connectivity index (χ3n) is 3.60. The second-order valence-corrected chi connectivity index (χ2v) is 5.76. The maximum atomic E-state index is 12.0. The van der Waals surface area contributed by atoms with Crippen molar-refractivity contribution in [3.63, 3.8) is 0 Å². The zero-order valence-corrected chi connectivity index (χ0v) is 12.6. The predicted molar refractivity (Wildman–Crippen MR) is 80.1 cm³/mol. The van der Waals surface area contributed by atoms with Crippen LogP contribution in [0.25, 0.3) is 0 Å². The molecule has 0 radical (unpaired) electrons. The van der Waals surface area contributed by atoms with E-state index < -0.39 is 12.0 Å². The normalized spacial score (nSPS) is 15.8. The van der Waals surface area contributed by atoms with Crippen LogP contribution in [0.2, 0.25) is 5.02 Å². The number of carbonyl (C=O) groups excluding carboxylic acids is 1. The largest absolute Gasteiger partial charge is 0.480 e. The second kappa shape index (κ2) is 6.91. The molecule has 5 nitrogen and oxygen atoms in total. The summed E-state index contributed by atoms with van der Waals surface area (Å²) in [6.07, 6.45) is 1.92. The van der Waals surface area contributed by atoms with Gasteiger partial charge in [0.1, 0.15) is 6.04 Å². The smallest absolute Gasteiger partial charge is 0.320 e. The van der Waals surface area contributed by atoms with E-state index in [0.29, 0.717) is 11.6 Å². The van der Waals surface area contributed by atoms with E-state index in [-0.39, 0.29) is 18.5 Å². The van der Waals surface area contributed by atoms with Crippen molar-refractivity contribution in [3.05, 3.63) is 34.9 Å². The highest BCUT2D eigenvalue weighted by molar-refractivity contribution is 6.30. The Morgan fingerprint density at radius 3 is 2.52 bits per heavy atom. The molecule has 2 N–H and O–H groups in total. The number of rotatable bonds is 7. The molecular formula is C15H19ClN2O3. The van der Waals surface area contributed by atoms with Crippen molar-refractivity contribution >= 4 is 23.5 Å². The zero-order valence-electron chi connectivity index (χ0n) is 11.9. The fourth-order valence-electron chi connectivity index (χ4n) is 2.15. The van der Waals surface area contributed by atoms with Crippen LogP contribution in [0.5, 0.6) is 0 Å². The van der Waals surface area contributed by atoms with Gasteiger partial charge in [-0.2, -0.15) is 0 Å². The molecule has 0 bridgehead atoms. The lowest BCUT2D eigenvalue weighted by atomic mass is 10.2. The predicted octanol–water partition coefficient (Wildman–Crippen LogP) is 1.89. The number of halogens is 1. The van der Waals surface area contributed by atoms with Crippen LogP contribution >= 0.6 is 11.6 Å². The minimum atomic E-state index is -0.896. The molecule has 1 amide bonds. The Morgan fingerprint density at radius 1 is 1.38 bits per heavy atom. The van der Waals surface area contributed by atoms with E-state index in [1.54, 1.807) is 24.0 Å². The number of carbonyl (C=O) groups is 2. The fourth-order valence-corrected chi connectivity index (χ4v) is 2.28. The average Bonchev–Trinajstić information content (AvgIpc) is 3.28. The molecule has 6 heteroatoms. The van der Waals surface area contributed by atoms with Crippen LogP contribution in [0.4, 0.5) is 0 Å². The molecular weight excluding hydrogens is 292 g/mol. The molecule has 1 saturated carbocycles. The van der Waals surface area contributed by atoms with Crippen molar-refractivity contribution in [2.24, 2.45) is 0 Å². The van der Waals surface area contributed by atoms with Crippen molar-refractivity contribution in [2.75, 3.05) is 6.54 Å². The van der Waals surface area contributed by atoms with Gasteiger partial charge in [-0.3, -0.25) is 14.5 Å². The zero-order chi connectivity index (χ0) is 15.4. The van der Waals surface area contributed by atoms with Gasteiger partial charge in [-0.05, 0) is 37.5 Å². The van der Waals surface area contributed by atoms with Crippen LogP contribution < -0.4 is 5.32 Å². The standard InChI is InChI=1S/C15H19ClN2O3/c1-10(15(20)21)18(13-6-7-13)9-14(19)17-8-11-2-4-12(16)5-3-11/h2-5,10,13H,6-9H2,1H3,(H,17,19)(H,20,21). The molecule has 1 fully saturated rings. The highest BCUT2D eigenvalue weighted by atomic mass is 35.5. The molecule has 1 unspecified atom stereocenters. The van der Waals surface area contributed by atoms with E-state index in [4.69, 9.17) is 16.7 Å². The summed E-state index contributed by atoms with van der Waals surface area (Å²) in [6, 6.07) is 6.82. The quantitative estimate of drug-likeness (QED) is 0.807. The molecule has 0 aromatic heterocycles. The van der Waals surface area contributed by atoms with E-state index >= 15 is 0 Å². The summed E-state index contributed by atoms with van der Waals surface area (Å²) in [7, 11) is 0. The number of aliphatic carboxylic acids is 1.